The monoisotopic (exact) mass is 424 g/mol. The molecule has 0 heterocycles. The Hall–Kier alpha value is -4.04. The van der Waals surface area contributed by atoms with Crippen molar-refractivity contribution in [1.82, 2.24) is 5.32 Å². The van der Waals surface area contributed by atoms with Gasteiger partial charge in [-0.25, -0.2) is 4.79 Å². The van der Waals surface area contributed by atoms with Crippen LogP contribution >= 0.6 is 0 Å². The fraction of sp³-hybridized carbons (Fsp3) is 0.185. The first-order valence-corrected chi connectivity index (χ1v) is 10.6. The number of nitriles is 1. The number of benzene rings is 3. The molecule has 0 radical (unpaired) electrons. The number of methoxy groups -OCH3 is 1. The summed E-state index contributed by atoms with van der Waals surface area (Å²) in [6.45, 7) is 0.740. The number of rotatable bonds is 7. The fourth-order valence-corrected chi connectivity index (χ4v) is 4.09. The van der Waals surface area contributed by atoms with Crippen LogP contribution < -0.4 is 10.1 Å². The van der Waals surface area contributed by atoms with Crippen LogP contribution in [-0.4, -0.2) is 26.4 Å². The van der Waals surface area contributed by atoms with E-state index in [9.17, 15) is 10.1 Å². The molecule has 3 aromatic carbocycles. The largest absolute Gasteiger partial charge is 0.495 e. The Balaban J connectivity index is 1.29. The topological polar surface area (TPSA) is 71.3 Å². The molecule has 4 rings (SSSR count). The van der Waals surface area contributed by atoms with Crippen LogP contribution in [0.3, 0.4) is 0 Å². The predicted octanol–water partition coefficient (Wildman–Crippen LogP) is 5.51. The predicted molar refractivity (Wildman–Crippen MR) is 124 cm³/mol. The standard InChI is InChI=1S/C27H24N2O3/c1-31-26-15-8-10-19(24(26)17-28)9-6-7-16-29-27(30)32-18-25-22-13-4-2-11-20(22)21-12-3-5-14-23(21)25/h2-6,8-15,25H,7,16,18H2,1H3,(H,29,30). The summed E-state index contributed by atoms with van der Waals surface area (Å²) in [5.41, 5.74) is 6.07. The third-order valence-corrected chi connectivity index (χ3v) is 5.61. The minimum atomic E-state index is -0.431. The summed E-state index contributed by atoms with van der Waals surface area (Å²) in [4.78, 5) is 12.2. The maximum atomic E-state index is 12.2. The average molecular weight is 425 g/mol. The third-order valence-electron chi connectivity index (χ3n) is 5.61. The summed E-state index contributed by atoms with van der Waals surface area (Å²) in [6.07, 6.45) is 3.96. The Labute approximate surface area is 187 Å². The molecule has 1 N–H and O–H groups in total. The lowest BCUT2D eigenvalue weighted by Crippen LogP contribution is -2.26. The Morgan fingerprint density at radius 3 is 2.38 bits per heavy atom. The van der Waals surface area contributed by atoms with Gasteiger partial charge in [0.1, 0.15) is 24.0 Å². The molecular weight excluding hydrogens is 400 g/mol. The molecule has 0 bridgehead atoms. The first-order valence-electron chi connectivity index (χ1n) is 10.6. The van der Waals surface area contributed by atoms with Crippen LogP contribution in [0, 0.1) is 11.3 Å². The van der Waals surface area contributed by atoms with E-state index in [0.717, 1.165) is 5.56 Å². The Morgan fingerprint density at radius 1 is 1.03 bits per heavy atom. The van der Waals surface area contributed by atoms with Crippen LogP contribution in [0.25, 0.3) is 17.2 Å². The third kappa shape index (κ3) is 4.35. The first kappa shape index (κ1) is 21.2. The average Bonchev–Trinajstić information content (AvgIpc) is 3.16. The quantitative estimate of drug-likeness (QED) is 0.508. The van der Waals surface area contributed by atoms with E-state index in [2.05, 4.69) is 35.7 Å². The lowest BCUT2D eigenvalue weighted by atomic mass is 9.98. The Bertz CT molecular complexity index is 1150. The number of hydrogen-bond acceptors (Lipinski definition) is 4. The fourth-order valence-electron chi connectivity index (χ4n) is 4.09. The van der Waals surface area contributed by atoms with Crippen LogP contribution in [0.5, 0.6) is 5.75 Å². The molecule has 5 heteroatoms. The van der Waals surface area contributed by atoms with Crippen molar-refractivity contribution in [1.29, 1.82) is 5.26 Å². The van der Waals surface area contributed by atoms with E-state index in [1.165, 1.54) is 22.3 Å². The zero-order valence-electron chi connectivity index (χ0n) is 17.9. The number of alkyl carbamates (subject to hydrolysis) is 1. The summed E-state index contributed by atoms with van der Waals surface area (Å²) in [5, 5.41) is 12.1. The molecule has 0 atom stereocenters. The van der Waals surface area contributed by atoms with Crippen molar-refractivity contribution in [2.45, 2.75) is 12.3 Å². The maximum absolute atomic E-state index is 12.2. The molecule has 0 spiro atoms. The van der Waals surface area contributed by atoms with Gasteiger partial charge in [0.2, 0.25) is 0 Å². The lowest BCUT2D eigenvalue weighted by molar-refractivity contribution is 0.143. The number of ether oxygens (including phenoxy) is 2. The summed E-state index contributed by atoms with van der Waals surface area (Å²) in [5.74, 6) is 0.594. The van der Waals surface area contributed by atoms with E-state index in [1.54, 1.807) is 13.2 Å². The van der Waals surface area contributed by atoms with Gasteiger partial charge in [0.25, 0.3) is 0 Å². The second-order valence-electron chi connectivity index (χ2n) is 7.48. The highest BCUT2D eigenvalue weighted by molar-refractivity contribution is 5.79. The molecule has 32 heavy (non-hydrogen) atoms. The van der Waals surface area contributed by atoms with Gasteiger partial charge in [0.05, 0.1) is 7.11 Å². The van der Waals surface area contributed by atoms with E-state index in [0.29, 0.717) is 30.9 Å². The highest BCUT2D eigenvalue weighted by atomic mass is 16.5. The van der Waals surface area contributed by atoms with Gasteiger partial charge in [0, 0.05) is 12.5 Å². The van der Waals surface area contributed by atoms with Gasteiger partial charge >= 0.3 is 6.09 Å². The Kier molecular flexibility index (Phi) is 6.52. The van der Waals surface area contributed by atoms with Crippen LogP contribution in [0.2, 0.25) is 0 Å². The van der Waals surface area contributed by atoms with Gasteiger partial charge < -0.3 is 14.8 Å². The summed E-state index contributed by atoms with van der Waals surface area (Å²) in [7, 11) is 1.54. The Morgan fingerprint density at radius 2 is 1.72 bits per heavy atom. The van der Waals surface area contributed by atoms with Crippen molar-refractivity contribution < 1.29 is 14.3 Å². The molecule has 0 aromatic heterocycles. The summed E-state index contributed by atoms with van der Waals surface area (Å²) in [6, 6.07) is 24.1. The first-order chi connectivity index (χ1) is 15.7. The number of nitrogens with zero attached hydrogens (tertiary/aromatic N) is 1. The molecule has 1 amide bonds. The minimum Gasteiger partial charge on any atom is -0.495 e. The molecule has 0 aliphatic heterocycles. The van der Waals surface area contributed by atoms with Crippen molar-refractivity contribution in [3.8, 4) is 22.9 Å². The molecule has 5 nitrogen and oxygen atoms in total. The molecule has 0 saturated carbocycles. The van der Waals surface area contributed by atoms with E-state index >= 15 is 0 Å². The van der Waals surface area contributed by atoms with E-state index < -0.39 is 6.09 Å². The number of nitrogens with one attached hydrogen (secondary N) is 1. The highest BCUT2D eigenvalue weighted by Gasteiger charge is 2.28. The summed E-state index contributed by atoms with van der Waals surface area (Å²) >= 11 is 0. The van der Waals surface area contributed by atoms with Crippen LogP contribution in [0.4, 0.5) is 4.79 Å². The zero-order valence-corrected chi connectivity index (χ0v) is 17.9. The normalized spacial score (nSPS) is 12.1. The number of carbonyl (C=O) groups is 1. The molecule has 1 aliphatic carbocycles. The van der Waals surface area contributed by atoms with Gasteiger partial charge in [-0.15, -0.1) is 0 Å². The lowest BCUT2D eigenvalue weighted by Gasteiger charge is -2.14. The minimum absolute atomic E-state index is 0.0468. The van der Waals surface area contributed by atoms with Gasteiger partial charge in [-0.3, -0.25) is 0 Å². The van der Waals surface area contributed by atoms with Crippen LogP contribution in [0.1, 0.15) is 34.6 Å². The molecule has 1 aliphatic rings. The van der Waals surface area contributed by atoms with Gasteiger partial charge in [-0.1, -0.05) is 72.8 Å². The summed E-state index contributed by atoms with van der Waals surface area (Å²) < 4.78 is 10.8. The second kappa shape index (κ2) is 9.84. The highest BCUT2D eigenvalue weighted by Crippen LogP contribution is 2.44. The van der Waals surface area contributed by atoms with Gasteiger partial charge in [-0.2, -0.15) is 5.26 Å². The van der Waals surface area contributed by atoms with Gasteiger partial charge in [0.15, 0.2) is 0 Å². The molecule has 3 aromatic rings. The van der Waals surface area contributed by atoms with Crippen LogP contribution in [0.15, 0.2) is 72.8 Å². The van der Waals surface area contributed by atoms with E-state index in [1.807, 2.05) is 48.6 Å². The molecule has 160 valence electrons. The molecular formula is C27H24N2O3. The van der Waals surface area contributed by atoms with Crippen molar-refractivity contribution >= 4 is 12.2 Å². The second-order valence-corrected chi connectivity index (χ2v) is 7.48. The SMILES string of the molecule is COc1cccc(C=CCCNC(=O)OCC2c3ccccc3-c3ccccc32)c1C#N. The van der Waals surface area contributed by atoms with Crippen molar-refractivity contribution in [2.24, 2.45) is 0 Å². The van der Waals surface area contributed by atoms with E-state index in [4.69, 9.17) is 9.47 Å². The van der Waals surface area contributed by atoms with Gasteiger partial charge in [-0.05, 0) is 40.3 Å². The van der Waals surface area contributed by atoms with Crippen molar-refractivity contribution in [2.75, 3.05) is 20.3 Å². The number of carbonyl (C=O) groups excluding carboxylic acids is 1. The van der Waals surface area contributed by atoms with E-state index in [-0.39, 0.29) is 5.92 Å². The smallest absolute Gasteiger partial charge is 0.407 e. The van der Waals surface area contributed by atoms with Crippen LogP contribution in [-0.2, 0) is 4.74 Å². The number of hydrogen-bond donors (Lipinski definition) is 1. The molecule has 0 unspecified atom stereocenters. The van der Waals surface area contributed by atoms with Crippen molar-refractivity contribution in [3.63, 3.8) is 0 Å². The van der Waals surface area contributed by atoms with Crippen molar-refractivity contribution in [3.05, 3.63) is 95.1 Å². The number of amides is 1. The number of fused-ring (bicyclic) bond motifs is 3. The maximum Gasteiger partial charge on any atom is 0.407 e. The molecule has 0 fully saturated rings. The molecule has 0 saturated heterocycles. The zero-order chi connectivity index (χ0) is 22.3.